The van der Waals surface area contributed by atoms with Crippen molar-refractivity contribution in [3.8, 4) is 0 Å². The fraction of sp³-hybridized carbons (Fsp3) is 0.583. The normalized spacial score (nSPS) is 23.8. The molecule has 2 heterocycles. The van der Waals surface area contributed by atoms with Crippen LogP contribution in [0, 0.1) is 0 Å². The molecule has 2 rings (SSSR count). The molecule has 0 aliphatic carbocycles. The number of hydrogen-bond acceptors (Lipinski definition) is 2. The summed E-state index contributed by atoms with van der Waals surface area (Å²) < 4.78 is 0.777. The maximum absolute atomic E-state index is 11.8. The van der Waals surface area contributed by atoms with E-state index in [1.165, 1.54) is 0 Å². The molecule has 0 spiro atoms. The molecule has 0 radical (unpaired) electrons. The maximum atomic E-state index is 11.8. The van der Waals surface area contributed by atoms with E-state index in [1.54, 1.807) is 11.8 Å². The molecule has 1 saturated heterocycles. The second kappa shape index (κ2) is 5.06. The minimum absolute atomic E-state index is 0.317. The van der Waals surface area contributed by atoms with E-state index < -0.39 is 0 Å². The highest BCUT2D eigenvalue weighted by Gasteiger charge is 2.29. The summed E-state index contributed by atoms with van der Waals surface area (Å²) in [6.45, 7) is 4.88. The predicted molar refractivity (Wildman–Crippen MR) is 67.1 cm³/mol. The van der Waals surface area contributed by atoms with Gasteiger partial charge in [-0.25, -0.2) is 0 Å². The van der Waals surface area contributed by atoms with E-state index in [0.717, 1.165) is 43.5 Å². The SMILES string of the molecule is CC[N+]1(CN2CCCCC2=O)C=CSC=C1. The third kappa shape index (κ3) is 2.50. The summed E-state index contributed by atoms with van der Waals surface area (Å²) >= 11 is 1.70. The zero-order valence-electron chi connectivity index (χ0n) is 9.76. The third-order valence-corrected chi connectivity index (χ3v) is 3.87. The van der Waals surface area contributed by atoms with Gasteiger partial charge in [0, 0.05) is 23.8 Å². The molecule has 2 aliphatic rings. The van der Waals surface area contributed by atoms with Gasteiger partial charge in [0.25, 0.3) is 0 Å². The molecular weight excluding hydrogens is 220 g/mol. The van der Waals surface area contributed by atoms with Gasteiger partial charge in [0.2, 0.25) is 5.91 Å². The molecule has 1 amide bonds. The van der Waals surface area contributed by atoms with Crippen molar-refractivity contribution in [3.05, 3.63) is 23.2 Å². The Balaban J connectivity index is 2.05. The number of carbonyl (C=O) groups is 1. The van der Waals surface area contributed by atoms with E-state index in [4.69, 9.17) is 0 Å². The first-order chi connectivity index (χ1) is 7.76. The van der Waals surface area contributed by atoms with Crippen molar-refractivity contribution in [1.29, 1.82) is 0 Å². The monoisotopic (exact) mass is 239 g/mol. The Morgan fingerprint density at radius 3 is 2.75 bits per heavy atom. The number of nitrogens with zero attached hydrogens (tertiary/aromatic N) is 2. The number of rotatable bonds is 3. The second-order valence-electron chi connectivity index (χ2n) is 4.38. The summed E-state index contributed by atoms with van der Waals surface area (Å²) in [5, 5.41) is 4.22. The fourth-order valence-electron chi connectivity index (χ4n) is 2.14. The molecule has 88 valence electrons. The summed E-state index contributed by atoms with van der Waals surface area (Å²) in [5.74, 6) is 0.317. The summed E-state index contributed by atoms with van der Waals surface area (Å²) in [6.07, 6.45) is 7.31. The van der Waals surface area contributed by atoms with Gasteiger partial charge in [0.1, 0.15) is 12.4 Å². The molecule has 16 heavy (non-hydrogen) atoms. The van der Waals surface area contributed by atoms with Gasteiger partial charge in [-0.2, -0.15) is 0 Å². The lowest BCUT2D eigenvalue weighted by Crippen LogP contribution is -2.50. The van der Waals surface area contributed by atoms with Gasteiger partial charge in [0.15, 0.2) is 6.67 Å². The Morgan fingerprint density at radius 2 is 2.12 bits per heavy atom. The number of piperidine rings is 1. The standard InChI is InChI=1S/C12H19N2OS/c1-2-14(7-9-16-10-8-14)11-13-6-4-3-5-12(13)15/h7-10H,2-6,11H2,1H3/q+1. The van der Waals surface area contributed by atoms with Crippen molar-refractivity contribution in [2.24, 2.45) is 0 Å². The molecule has 0 aromatic rings. The molecular formula is C12H19N2OS+. The van der Waals surface area contributed by atoms with Crippen LogP contribution in [0.2, 0.25) is 0 Å². The van der Waals surface area contributed by atoms with Gasteiger partial charge in [-0.1, -0.05) is 11.8 Å². The first kappa shape index (κ1) is 11.7. The molecule has 2 aliphatic heterocycles. The van der Waals surface area contributed by atoms with E-state index in [-0.39, 0.29) is 0 Å². The van der Waals surface area contributed by atoms with Crippen molar-refractivity contribution >= 4 is 17.7 Å². The number of hydrogen-bond donors (Lipinski definition) is 0. The van der Waals surface area contributed by atoms with Crippen molar-refractivity contribution in [2.45, 2.75) is 26.2 Å². The fourth-order valence-corrected chi connectivity index (χ4v) is 2.86. The number of thioether (sulfide) groups is 1. The highest BCUT2D eigenvalue weighted by molar-refractivity contribution is 8.04. The molecule has 1 fully saturated rings. The Labute approximate surface area is 101 Å². The number of likely N-dealkylation sites (tertiary alicyclic amines) is 1. The van der Waals surface area contributed by atoms with Crippen LogP contribution in [0.1, 0.15) is 26.2 Å². The number of amides is 1. The molecule has 0 unspecified atom stereocenters. The first-order valence-electron chi connectivity index (χ1n) is 5.91. The minimum Gasteiger partial charge on any atom is -0.295 e. The summed E-state index contributed by atoms with van der Waals surface area (Å²) in [6, 6.07) is 0. The lowest BCUT2D eigenvalue weighted by atomic mass is 10.1. The molecule has 0 saturated carbocycles. The Bertz CT molecular complexity index is 313. The average molecular weight is 239 g/mol. The largest absolute Gasteiger partial charge is 0.295 e. The smallest absolute Gasteiger partial charge is 0.226 e. The molecule has 3 nitrogen and oxygen atoms in total. The molecule has 0 atom stereocenters. The second-order valence-corrected chi connectivity index (χ2v) is 5.20. The molecule has 0 bridgehead atoms. The van der Waals surface area contributed by atoms with Crippen molar-refractivity contribution in [1.82, 2.24) is 4.90 Å². The van der Waals surface area contributed by atoms with Gasteiger partial charge < -0.3 is 0 Å². The Morgan fingerprint density at radius 1 is 1.38 bits per heavy atom. The quantitative estimate of drug-likeness (QED) is 0.705. The zero-order valence-corrected chi connectivity index (χ0v) is 10.6. The highest BCUT2D eigenvalue weighted by Crippen LogP contribution is 2.23. The summed E-state index contributed by atoms with van der Waals surface area (Å²) in [5.41, 5.74) is 0. The van der Waals surface area contributed by atoms with Crippen LogP contribution >= 0.6 is 11.8 Å². The third-order valence-electron chi connectivity index (χ3n) is 3.32. The van der Waals surface area contributed by atoms with Crippen LogP contribution in [-0.2, 0) is 4.79 Å². The average Bonchev–Trinajstić information content (AvgIpc) is 2.33. The highest BCUT2D eigenvalue weighted by atomic mass is 32.2. The minimum atomic E-state index is 0.317. The Hall–Kier alpha value is -0.740. The maximum Gasteiger partial charge on any atom is 0.226 e. The van der Waals surface area contributed by atoms with Gasteiger partial charge >= 0.3 is 0 Å². The summed E-state index contributed by atoms with van der Waals surface area (Å²) in [7, 11) is 0. The van der Waals surface area contributed by atoms with Crippen LogP contribution in [0.3, 0.4) is 0 Å². The predicted octanol–water partition coefficient (Wildman–Crippen LogP) is 2.48. The lowest BCUT2D eigenvalue weighted by molar-refractivity contribution is -0.836. The van der Waals surface area contributed by atoms with E-state index >= 15 is 0 Å². The van der Waals surface area contributed by atoms with Crippen LogP contribution in [0.25, 0.3) is 0 Å². The van der Waals surface area contributed by atoms with Crippen LogP contribution in [0.4, 0.5) is 0 Å². The lowest BCUT2D eigenvalue weighted by Gasteiger charge is -2.37. The van der Waals surface area contributed by atoms with Gasteiger partial charge in [-0.3, -0.25) is 14.2 Å². The molecule has 0 aromatic carbocycles. The number of quaternary nitrogens is 1. The van der Waals surface area contributed by atoms with Crippen LogP contribution in [0.15, 0.2) is 23.2 Å². The number of carbonyl (C=O) groups excluding carboxylic acids is 1. The van der Waals surface area contributed by atoms with Crippen LogP contribution in [0.5, 0.6) is 0 Å². The van der Waals surface area contributed by atoms with Crippen molar-refractivity contribution in [3.63, 3.8) is 0 Å². The zero-order chi connectivity index (χ0) is 11.4. The first-order valence-corrected chi connectivity index (χ1v) is 6.85. The van der Waals surface area contributed by atoms with Gasteiger partial charge in [0.05, 0.1) is 6.54 Å². The van der Waals surface area contributed by atoms with Crippen LogP contribution in [-0.4, -0.2) is 35.0 Å². The van der Waals surface area contributed by atoms with Gasteiger partial charge in [-0.15, -0.1) is 0 Å². The molecule has 4 heteroatoms. The Kier molecular flexibility index (Phi) is 3.71. The van der Waals surface area contributed by atoms with E-state index in [0.29, 0.717) is 5.91 Å². The van der Waals surface area contributed by atoms with E-state index in [2.05, 4.69) is 30.1 Å². The summed E-state index contributed by atoms with van der Waals surface area (Å²) in [4.78, 5) is 13.8. The molecule has 0 aromatic heterocycles. The van der Waals surface area contributed by atoms with Crippen LogP contribution < -0.4 is 0 Å². The topological polar surface area (TPSA) is 20.3 Å². The van der Waals surface area contributed by atoms with Crippen molar-refractivity contribution < 1.29 is 9.28 Å². The van der Waals surface area contributed by atoms with E-state index in [9.17, 15) is 4.79 Å². The van der Waals surface area contributed by atoms with E-state index in [1.807, 2.05) is 4.90 Å². The van der Waals surface area contributed by atoms with Crippen molar-refractivity contribution in [2.75, 3.05) is 19.8 Å². The van der Waals surface area contributed by atoms with Gasteiger partial charge in [-0.05, 0) is 19.8 Å². The molecule has 0 N–H and O–H groups in total.